The van der Waals surface area contributed by atoms with Crippen molar-refractivity contribution in [3.8, 4) is 5.75 Å². The highest BCUT2D eigenvalue weighted by atomic mass is 16.6. The van der Waals surface area contributed by atoms with Gasteiger partial charge < -0.3 is 14.8 Å². The number of hydrogen-bond donors (Lipinski definition) is 1. The Bertz CT molecular complexity index is 723. The number of carbonyl (C=O) groups is 2. The van der Waals surface area contributed by atoms with Gasteiger partial charge in [0, 0.05) is 12.0 Å². The van der Waals surface area contributed by atoms with Crippen LogP contribution in [0.25, 0.3) is 0 Å². The van der Waals surface area contributed by atoms with E-state index in [4.69, 9.17) is 9.47 Å². The zero-order valence-corrected chi connectivity index (χ0v) is 16.1. The number of rotatable bonds is 8. The maximum Gasteiger partial charge on any atom is 0.307 e. The Morgan fingerprint density at radius 1 is 0.963 bits per heavy atom. The zero-order valence-electron chi connectivity index (χ0n) is 16.1. The molecule has 1 unspecified atom stereocenters. The van der Waals surface area contributed by atoms with E-state index in [1.807, 2.05) is 69.3 Å². The summed E-state index contributed by atoms with van der Waals surface area (Å²) in [4.78, 5) is 24.8. The first-order valence-electron chi connectivity index (χ1n) is 9.07. The van der Waals surface area contributed by atoms with Gasteiger partial charge in [-0.05, 0) is 44.9 Å². The van der Waals surface area contributed by atoms with Crippen LogP contribution in [0, 0.1) is 0 Å². The maximum absolute atomic E-state index is 12.5. The molecule has 2 aromatic rings. The molecule has 0 aliphatic carbocycles. The van der Waals surface area contributed by atoms with Gasteiger partial charge in [-0.25, -0.2) is 0 Å². The molecule has 0 aliphatic rings. The molecule has 0 spiro atoms. The number of esters is 1. The van der Waals surface area contributed by atoms with E-state index in [0.29, 0.717) is 12.2 Å². The van der Waals surface area contributed by atoms with Crippen molar-refractivity contribution in [3.05, 3.63) is 66.2 Å². The van der Waals surface area contributed by atoms with Crippen LogP contribution in [0.4, 0.5) is 0 Å². The number of carbonyl (C=O) groups excluding carboxylic acids is 2. The fourth-order valence-corrected chi connectivity index (χ4v) is 2.41. The van der Waals surface area contributed by atoms with Crippen molar-refractivity contribution in [2.45, 2.75) is 45.3 Å². The molecule has 1 atom stereocenters. The fraction of sp³-hybridized carbons (Fsp3) is 0.364. The molecule has 0 saturated carbocycles. The lowest BCUT2D eigenvalue weighted by Crippen LogP contribution is -2.49. The molecular formula is C22H27NO4. The first kappa shape index (κ1) is 20.5. The second kappa shape index (κ2) is 9.76. The van der Waals surface area contributed by atoms with Gasteiger partial charge in [0.1, 0.15) is 12.4 Å². The molecule has 2 aromatic carbocycles. The molecule has 0 fully saturated rings. The Morgan fingerprint density at radius 3 is 2.15 bits per heavy atom. The van der Waals surface area contributed by atoms with Gasteiger partial charge in [0.15, 0.2) is 0 Å². The van der Waals surface area contributed by atoms with Crippen LogP contribution in [0.3, 0.4) is 0 Å². The van der Waals surface area contributed by atoms with Crippen molar-refractivity contribution in [2.75, 3.05) is 6.61 Å². The SMILES string of the molecule is CC(C)(C)NC(=O)C(COc1ccccc1)OC(=O)CCc1ccccc1. The van der Waals surface area contributed by atoms with Crippen LogP contribution in [0.15, 0.2) is 60.7 Å². The molecule has 144 valence electrons. The third-order valence-electron chi connectivity index (χ3n) is 3.67. The van der Waals surface area contributed by atoms with E-state index in [2.05, 4.69) is 5.32 Å². The third-order valence-corrected chi connectivity index (χ3v) is 3.67. The third kappa shape index (κ3) is 7.94. The van der Waals surface area contributed by atoms with Crippen molar-refractivity contribution in [2.24, 2.45) is 0 Å². The quantitative estimate of drug-likeness (QED) is 0.723. The lowest BCUT2D eigenvalue weighted by atomic mass is 10.1. The molecule has 0 saturated heterocycles. The summed E-state index contributed by atoms with van der Waals surface area (Å²) in [5.74, 6) is -0.178. The summed E-state index contributed by atoms with van der Waals surface area (Å²) >= 11 is 0. The monoisotopic (exact) mass is 369 g/mol. The molecule has 0 aromatic heterocycles. The summed E-state index contributed by atoms with van der Waals surface area (Å²) in [6.45, 7) is 5.58. The van der Waals surface area contributed by atoms with Crippen molar-refractivity contribution >= 4 is 11.9 Å². The van der Waals surface area contributed by atoms with Gasteiger partial charge in [0.25, 0.3) is 5.91 Å². The second-order valence-electron chi connectivity index (χ2n) is 7.33. The predicted molar refractivity (Wildman–Crippen MR) is 104 cm³/mol. The van der Waals surface area contributed by atoms with Crippen LogP contribution >= 0.6 is 0 Å². The fourth-order valence-electron chi connectivity index (χ4n) is 2.41. The average molecular weight is 369 g/mol. The van der Waals surface area contributed by atoms with E-state index in [1.54, 1.807) is 12.1 Å². The summed E-state index contributed by atoms with van der Waals surface area (Å²) in [6, 6.07) is 18.8. The summed E-state index contributed by atoms with van der Waals surface area (Å²) in [7, 11) is 0. The average Bonchev–Trinajstić information content (AvgIpc) is 2.63. The van der Waals surface area contributed by atoms with Crippen molar-refractivity contribution < 1.29 is 19.1 Å². The van der Waals surface area contributed by atoms with Crippen LogP contribution in [0.5, 0.6) is 5.75 Å². The van der Waals surface area contributed by atoms with E-state index in [-0.39, 0.29) is 18.9 Å². The number of amides is 1. The lowest BCUT2D eigenvalue weighted by molar-refractivity contribution is -0.158. The van der Waals surface area contributed by atoms with Crippen molar-refractivity contribution in [1.29, 1.82) is 0 Å². The van der Waals surface area contributed by atoms with Gasteiger partial charge in [-0.1, -0.05) is 48.5 Å². The molecule has 0 radical (unpaired) electrons. The van der Waals surface area contributed by atoms with Gasteiger partial charge in [0.05, 0.1) is 0 Å². The topological polar surface area (TPSA) is 64.6 Å². The molecule has 27 heavy (non-hydrogen) atoms. The van der Waals surface area contributed by atoms with Crippen LogP contribution in [0.2, 0.25) is 0 Å². The van der Waals surface area contributed by atoms with Crippen molar-refractivity contribution in [1.82, 2.24) is 5.32 Å². The number of ether oxygens (including phenoxy) is 2. The van der Waals surface area contributed by atoms with E-state index < -0.39 is 17.6 Å². The number of benzene rings is 2. The lowest BCUT2D eigenvalue weighted by Gasteiger charge is -2.25. The first-order chi connectivity index (χ1) is 12.8. The summed E-state index contributed by atoms with van der Waals surface area (Å²) < 4.78 is 11.1. The number of aryl methyl sites for hydroxylation is 1. The van der Waals surface area contributed by atoms with E-state index in [0.717, 1.165) is 5.56 Å². The normalized spacial score (nSPS) is 12.1. The summed E-state index contributed by atoms with van der Waals surface area (Å²) in [5, 5.41) is 2.84. The largest absolute Gasteiger partial charge is 0.489 e. The van der Waals surface area contributed by atoms with E-state index in [9.17, 15) is 9.59 Å². The minimum absolute atomic E-state index is 0.0387. The number of hydrogen-bond acceptors (Lipinski definition) is 4. The molecule has 2 rings (SSSR count). The summed E-state index contributed by atoms with van der Waals surface area (Å²) in [5.41, 5.74) is 0.615. The molecule has 5 nitrogen and oxygen atoms in total. The Hall–Kier alpha value is -2.82. The maximum atomic E-state index is 12.5. The number of para-hydroxylation sites is 1. The molecule has 0 aliphatic heterocycles. The van der Waals surface area contributed by atoms with Crippen LogP contribution in [0.1, 0.15) is 32.8 Å². The van der Waals surface area contributed by atoms with Crippen molar-refractivity contribution in [3.63, 3.8) is 0 Å². The Morgan fingerprint density at radius 2 is 1.56 bits per heavy atom. The Labute approximate surface area is 160 Å². The first-order valence-corrected chi connectivity index (χ1v) is 9.07. The van der Waals surface area contributed by atoms with E-state index >= 15 is 0 Å². The number of nitrogens with one attached hydrogen (secondary N) is 1. The molecule has 1 N–H and O–H groups in total. The molecule has 0 bridgehead atoms. The standard InChI is InChI=1S/C22H27NO4/c1-22(2,3)23-21(25)19(16-26-18-12-8-5-9-13-18)27-20(24)15-14-17-10-6-4-7-11-17/h4-13,19H,14-16H2,1-3H3,(H,23,25). The smallest absolute Gasteiger partial charge is 0.307 e. The van der Waals surface area contributed by atoms with Gasteiger partial charge >= 0.3 is 5.97 Å². The predicted octanol–water partition coefficient (Wildman–Crippen LogP) is 3.52. The highest BCUT2D eigenvalue weighted by molar-refractivity contribution is 5.84. The van der Waals surface area contributed by atoms with Gasteiger partial charge in [-0.2, -0.15) is 0 Å². The highest BCUT2D eigenvalue weighted by Gasteiger charge is 2.27. The second-order valence-corrected chi connectivity index (χ2v) is 7.33. The van der Waals surface area contributed by atoms with Crippen LogP contribution in [-0.4, -0.2) is 30.1 Å². The van der Waals surface area contributed by atoms with Gasteiger partial charge in [-0.3, -0.25) is 9.59 Å². The minimum Gasteiger partial charge on any atom is -0.489 e. The summed E-state index contributed by atoms with van der Waals surface area (Å²) in [6.07, 6.45) is -0.241. The van der Waals surface area contributed by atoms with Gasteiger partial charge in [0.2, 0.25) is 6.10 Å². The molecule has 1 amide bonds. The molecule has 0 heterocycles. The van der Waals surface area contributed by atoms with Crippen LogP contribution in [-0.2, 0) is 20.7 Å². The molecular weight excluding hydrogens is 342 g/mol. The van der Waals surface area contributed by atoms with E-state index in [1.165, 1.54) is 0 Å². The Kier molecular flexibility index (Phi) is 7.41. The Balaban J connectivity index is 1.95. The highest BCUT2D eigenvalue weighted by Crippen LogP contribution is 2.11. The zero-order chi connectivity index (χ0) is 19.7. The molecule has 5 heteroatoms. The van der Waals surface area contributed by atoms with Crippen LogP contribution < -0.4 is 10.1 Å². The minimum atomic E-state index is -1.01. The van der Waals surface area contributed by atoms with Gasteiger partial charge in [-0.15, -0.1) is 0 Å².